The molecule has 1 heterocycles. The van der Waals surface area contributed by atoms with Crippen LogP contribution < -0.4 is 4.74 Å². The molecule has 0 saturated carbocycles. The van der Waals surface area contributed by atoms with Crippen LogP contribution in [0.3, 0.4) is 0 Å². The van der Waals surface area contributed by atoms with Crippen LogP contribution in [0, 0.1) is 0 Å². The zero-order chi connectivity index (χ0) is 15.9. The highest BCUT2D eigenvalue weighted by Crippen LogP contribution is 2.25. The molecule has 22 heavy (non-hydrogen) atoms. The van der Waals surface area contributed by atoms with Crippen LogP contribution in [-0.2, 0) is 11.3 Å². The molecule has 1 saturated heterocycles. The van der Waals surface area contributed by atoms with E-state index in [2.05, 4.69) is 4.90 Å². The first-order chi connectivity index (χ1) is 10.5. The van der Waals surface area contributed by atoms with Crippen molar-refractivity contribution in [1.82, 2.24) is 4.90 Å². The summed E-state index contributed by atoms with van der Waals surface area (Å²) < 4.78 is 11.5. The van der Waals surface area contributed by atoms with Crippen molar-refractivity contribution in [3.05, 3.63) is 28.8 Å². The van der Waals surface area contributed by atoms with E-state index >= 15 is 0 Å². The molecular weight excluding hydrogens is 302 g/mol. The lowest BCUT2D eigenvalue weighted by Gasteiger charge is -2.20. The lowest BCUT2D eigenvalue weighted by molar-refractivity contribution is 0.0673. The normalized spacial score (nSPS) is 19.6. The molecule has 1 aromatic rings. The van der Waals surface area contributed by atoms with Crippen LogP contribution in [0.1, 0.15) is 31.7 Å². The molecular formula is C17H26ClNO3. The average Bonchev–Trinajstić information content (AvgIpc) is 2.97. The lowest BCUT2D eigenvalue weighted by atomic mass is 10.1. The quantitative estimate of drug-likeness (QED) is 0.796. The predicted molar refractivity (Wildman–Crippen MR) is 88.6 cm³/mol. The Morgan fingerprint density at radius 1 is 1.50 bits per heavy atom. The number of hydrogen-bond acceptors (Lipinski definition) is 4. The maximum Gasteiger partial charge on any atom is 0.124 e. The van der Waals surface area contributed by atoms with E-state index in [1.54, 1.807) is 0 Å². The molecule has 1 aliphatic rings. The zero-order valence-corrected chi connectivity index (χ0v) is 14.2. The van der Waals surface area contributed by atoms with Gasteiger partial charge in [-0.15, -0.1) is 0 Å². The fourth-order valence-electron chi connectivity index (χ4n) is 2.55. The molecule has 124 valence electrons. The first-order valence-electron chi connectivity index (χ1n) is 7.94. The van der Waals surface area contributed by atoms with Crippen LogP contribution >= 0.6 is 11.6 Å². The fraction of sp³-hybridized carbons (Fsp3) is 0.647. The van der Waals surface area contributed by atoms with E-state index in [-0.39, 0.29) is 12.2 Å². The third-order valence-corrected chi connectivity index (χ3v) is 4.08. The van der Waals surface area contributed by atoms with Gasteiger partial charge in [0.25, 0.3) is 0 Å². The maximum absolute atomic E-state index is 9.39. The van der Waals surface area contributed by atoms with Gasteiger partial charge in [-0.2, -0.15) is 0 Å². The van der Waals surface area contributed by atoms with Gasteiger partial charge in [0.15, 0.2) is 0 Å². The molecule has 0 aromatic heterocycles. The highest BCUT2D eigenvalue weighted by Gasteiger charge is 2.17. The number of benzene rings is 1. The Labute approximate surface area is 138 Å². The van der Waals surface area contributed by atoms with Crippen molar-refractivity contribution in [3.8, 4) is 5.75 Å². The van der Waals surface area contributed by atoms with Gasteiger partial charge in [0.1, 0.15) is 12.4 Å². The second kappa shape index (κ2) is 8.73. The lowest BCUT2D eigenvalue weighted by Crippen LogP contribution is -2.23. The Balaban J connectivity index is 1.93. The summed E-state index contributed by atoms with van der Waals surface area (Å²) in [5.74, 6) is 0.865. The van der Waals surface area contributed by atoms with Crippen molar-refractivity contribution >= 4 is 11.6 Å². The molecule has 2 unspecified atom stereocenters. The minimum absolute atomic E-state index is 0.205. The van der Waals surface area contributed by atoms with Gasteiger partial charge in [-0.05, 0) is 51.4 Å². The number of hydrogen-bond donors (Lipinski definition) is 1. The molecule has 2 rings (SSSR count). The van der Waals surface area contributed by atoms with E-state index in [9.17, 15) is 5.11 Å². The summed E-state index contributed by atoms with van der Waals surface area (Å²) in [6.45, 7) is 4.81. The van der Waals surface area contributed by atoms with Crippen LogP contribution in [0.5, 0.6) is 5.75 Å². The van der Waals surface area contributed by atoms with Crippen molar-refractivity contribution in [1.29, 1.82) is 0 Å². The highest BCUT2D eigenvalue weighted by atomic mass is 35.5. The number of ether oxygens (including phenoxy) is 2. The molecule has 1 aliphatic heterocycles. The largest absolute Gasteiger partial charge is 0.491 e. The van der Waals surface area contributed by atoms with Crippen LogP contribution in [0.15, 0.2) is 18.2 Å². The van der Waals surface area contributed by atoms with Gasteiger partial charge in [0, 0.05) is 30.3 Å². The smallest absolute Gasteiger partial charge is 0.124 e. The maximum atomic E-state index is 9.39. The molecule has 5 heteroatoms. The summed E-state index contributed by atoms with van der Waals surface area (Å²) in [5.41, 5.74) is 1.07. The Kier molecular flexibility index (Phi) is 6.96. The minimum atomic E-state index is -0.281. The summed E-state index contributed by atoms with van der Waals surface area (Å²) >= 11 is 6.12. The molecule has 1 fully saturated rings. The second-order valence-corrected chi connectivity index (χ2v) is 6.51. The van der Waals surface area contributed by atoms with Gasteiger partial charge in [-0.25, -0.2) is 0 Å². The molecule has 0 spiro atoms. The van der Waals surface area contributed by atoms with E-state index in [4.69, 9.17) is 21.1 Å². The van der Waals surface area contributed by atoms with Gasteiger partial charge in [-0.3, -0.25) is 0 Å². The minimum Gasteiger partial charge on any atom is -0.491 e. The number of aliphatic hydroxyl groups excluding tert-OH is 1. The standard InChI is InChI=1S/C17H26ClNO3/c1-13(20)7-8-19(2)11-14-10-15(18)5-6-17(14)22-12-16-4-3-9-21-16/h5-6,10,13,16,20H,3-4,7-9,11-12H2,1-2H3. The topological polar surface area (TPSA) is 41.9 Å². The molecule has 0 amide bonds. The van der Waals surface area contributed by atoms with Crippen LogP contribution in [0.25, 0.3) is 0 Å². The monoisotopic (exact) mass is 327 g/mol. The van der Waals surface area contributed by atoms with Crippen molar-refractivity contribution in [2.45, 2.75) is 44.9 Å². The second-order valence-electron chi connectivity index (χ2n) is 6.07. The molecule has 0 aliphatic carbocycles. The molecule has 1 N–H and O–H groups in total. The third-order valence-electron chi connectivity index (χ3n) is 3.84. The molecule has 0 bridgehead atoms. The molecule has 2 atom stereocenters. The van der Waals surface area contributed by atoms with Crippen LogP contribution in [0.4, 0.5) is 0 Å². The molecule has 0 radical (unpaired) electrons. The van der Waals surface area contributed by atoms with Crippen molar-refractivity contribution in [2.24, 2.45) is 0 Å². The van der Waals surface area contributed by atoms with Gasteiger partial charge in [-0.1, -0.05) is 11.6 Å². The van der Waals surface area contributed by atoms with Crippen LogP contribution in [-0.4, -0.2) is 49.0 Å². The Bertz CT molecular complexity index is 461. The van der Waals surface area contributed by atoms with E-state index in [0.29, 0.717) is 11.6 Å². The van der Waals surface area contributed by atoms with E-state index < -0.39 is 0 Å². The van der Waals surface area contributed by atoms with E-state index in [1.807, 2.05) is 32.2 Å². The fourth-order valence-corrected chi connectivity index (χ4v) is 2.74. The molecule has 1 aromatic carbocycles. The summed E-state index contributed by atoms with van der Waals surface area (Å²) in [6.07, 6.45) is 2.86. The third kappa shape index (κ3) is 5.76. The van der Waals surface area contributed by atoms with Gasteiger partial charge < -0.3 is 19.5 Å². The van der Waals surface area contributed by atoms with Crippen LogP contribution in [0.2, 0.25) is 5.02 Å². The van der Waals surface area contributed by atoms with Crippen molar-refractivity contribution < 1.29 is 14.6 Å². The number of aliphatic hydroxyl groups is 1. The Morgan fingerprint density at radius 3 is 3.00 bits per heavy atom. The van der Waals surface area contributed by atoms with Crippen molar-refractivity contribution in [2.75, 3.05) is 26.8 Å². The molecule has 4 nitrogen and oxygen atoms in total. The first-order valence-corrected chi connectivity index (χ1v) is 8.32. The van der Waals surface area contributed by atoms with E-state index in [0.717, 1.165) is 50.3 Å². The van der Waals surface area contributed by atoms with Gasteiger partial charge >= 0.3 is 0 Å². The number of nitrogens with zero attached hydrogens (tertiary/aromatic N) is 1. The Hall–Kier alpha value is -0.810. The predicted octanol–water partition coefficient (Wildman–Crippen LogP) is 3.10. The highest BCUT2D eigenvalue weighted by molar-refractivity contribution is 6.30. The summed E-state index contributed by atoms with van der Waals surface area (Å²) in [5, 5.41) is 10.1. The van der Waals surface area contributed by atoms with Gasteiger partial charge in [0.2, 0.25) is 0 Å². The number of rotatable bonds is 8. The summed E-state index contributed by atoms with van der Waals surface area (Å²) in [7, 11) is 2.03. The summed E-state index contributed by atoms with van der Waals surface area (Å²) in [6, 6.07) is 5.73. The first kappa shape index (κ1) is 17.5. The van der Waals surface area contributed by atoms with E-state index in [1.165, 1.54) is 0 Å². The van der Waals surface area contributed by atoms with Crippen molar-refractivity contribution in [3.63, 3.8) is 0 Å². The zero-order valence-electron chi connectivity index (χ0n) is 13.4. The van der Waals surface area contributed by atoms with Gasteiger partial charge in [0.05, 0.1) is 12.2 Å². The summed E-state index contributed by atoms with van der Waals surface area (Å²) in [4.78, 5) is 2.16. The average molecular weight is 328 g/mol. The SMILES string of the molecule is CC(O)CCN(C)Cc1cc(Cl)ccc1OCC1CCCO1. The number of halogens is 1. The Morgan fingerprint density at radius 2 is 2.32 bits per heavy atom.